The highest BCUT2D eigenvalue weighted by atomic mass is 32.2. The fourth-order valence-corrected chi connectivity index (χ4v) is 13.5. The Labute approximate surface area is 273 Å². The molecule has 1 fully saturated rings. The first kappa shape index (κ1) is 32.1. The molecule has 238 valence electrons. The van der Waals surface area contributed by atoms with E-state index in [1.807, 2.05) is 42.5 Å². The second-order valence-corrected chi connectivity index (χ2v) is 19.6. The molecule has 6 rings (SSSR count). The molecular formula is C38H41NO5SSi. The molecule has 6 nitrogen and oxygen atoms in total. The number of ether oxygens (including phenoxy) is 1. The van der Waals surface area contributed by atoms with Crippen molar-refractivity contribution in [2.45, 2.75) is 50.0 Å². The van der Waals surface area contributed by atoms with Crippen molar-refractivity contribution in [3.05, 3.63) is 132 Å². The average Bonchev–Trinajstić information content (AvgIpc) is 3.60. The molecule has 4 aromatic rings. The Hall–Kier alpha value is -3.82. The zero-order chi connectivity index (χ0) is 32.4. The summed E-state index contributed by atoms with van der Waals surface area (Å²) >= 11 is 0. The summed E-state index contributed by atoms with van der Waals surface area (Å²) in [7, 11) is -6.26. The van der Waals surface area contributed by atoms with E-state index in [2.05, 4.69) is 80.4 Å². The van der Waals surface area contributed by atoms with Crippen LogP contribution in [0, 0.1) is 0 Å². The number of benzene rings is 3. The topological polar surface area (TPSA) is 85.7 Å². The molecule has 0 spiro atoms. The van der Waals surface area contributed by atoms with E-state index in [1.165, 1.54) is 0 Å². The second kappa shape index (κ2) is 13.1. The van der Waals surface area contributed by atoms with Gasteiger partial charge in [0.1, 0.15) is 11.0 Å². The van der Waals surface area contributed by atoms with Crippen molar-refractivity contribution in [2.75, 3.05) is 19.0 Å². The van der Waals surface area contributed by atoms with Crippen LogP contribution in [0.15, 0.2) is 120 Å². The van der Waals surface area contributed by atoms with Gasteiger partial charge in [0.05, 0.1) is 30.8 Å². The molecule has 0 unspecified atom stereocenters. The minimum Gasteiger partial charge on any atom is -0.508 e. The lowest BCUT2D eigenvalue weighted by molar-refractivity contribution is 0.118. The number of fused-ring (bicyclic) bond motifs is 1. The van der Waals surface area contributed by atoms with E-state index >= 15 is 0 Å². The quantitative estimate of drug-likeness (QED) is 0.163. The number of hydrogen-bond acceptors (Lipinski definition) is 6. The second-order valence-electron chi connectivity index (χ2n) is 13.1. The lowest BCUT2D eigenvalue weighted by atomic mass is 9.95. The van der Waals surface area contributed by atoms with E-state index in [1.54, 1.807) is 18.3 Å². The van der Waals surface area contributed by atoms with Gasteiger partial charge in [-0.15, -0.1) is 0 Å². The van der Waals surface area contributed by atoms with Gasteiger partial charge >= 0.3 is 0 Å². The Morgan fingerprint density at radius 2 is 1.57 bits per heavy atom. The van der Waals surface area contributed by atoms with E-state index < -0.39 is 23.4 Å². The molecule has 0 bridgehead atoms. The Balaban J connectivity index is 1.33. The van der Waals surface area contributed by atoms with E-state index in [0.717, 1.165) is 38.4 Å². The molecule has 2 aliphatic rings. The number of phenolic OH excluding ortho intramolecular Hbond substituents is 1. The van der Waals surface area contributed by atoms with Crippen LogP contribution in [0.5, 0.6) is 5.75 Å². The van der Waals surface area contributed by atoms with Gasteiger partial charge in [-0.3, -0.25) is 4.98 Å². The van der Waals surface area contributed by atoms with Crippen molar-refractivity contribution in [1.82, 2.24) is 4.98 Å². The molecule has 1 saturated heterocycles. The zero-order valence-corrected chi connectivity index (χ0v) is 28.4. The summed E-state index contributed by atoms with van der Waals surface area (Å²) in [4.78, 5) is 4.60. The minimum atomic E-state index is -3.40. The van der Waals surface area contributed by atoms with Crippen molar-refractivity contribution in [2.24, 2.45) is 0 Å². The highest BCUT2D eigenvalue weighted by Crippen LogP contribution is 2.41. The van der Waals surface area contributed by atoms with E-state index in [4.69, 9.17) is 9.16 Å². The van der Waals surface area contributed by atoms with Crippen molar-refractivity contribution in [1.29, 1.82) is 0 Å². The van der Waals surface area contributed by atoms with Crippen LogP contribution < -0.4 is 10.4 Å². The van der Waals surface area contributed by atoms with Crippen LogP contribution in [-0.2, 0) is 19.0 Å². The molecule has 1 aromatic heterocycles. The number of pyridine rings is 1. The fraction of sp³-hybridized carbons (Fsp3) is 0.289. The third kappa shape index (κ3) is 6.40. The molecule has 2 atom stereocenters. The first-order chi connectivity index (χ1) is 22.1. The van der Waals surface area contributed by atoms with Crippen molar-refractivity contribution in [3.63, 3.8) is 0 Å². The van der Waals surface area contributed by atoms with Crippen LogP contribution in [0.25, 0.3) is 11.6 Å². The predicted octanol–water partition coefficient (Wildman–Crippen LogP) is 6.18. The monoisotopic (exact) mass is 651 g/mol. The summed E-state index contributed by atoms with van der Waals surface area (Å²) in [5.74, 6) is 0.214. The molecular weight excluding hydrogens is 611 g/mol. The molecule has 0 aliphatic carbocycles. The largest absolute Gasteiger partial charge is 0.508 e. The number of nitrogens with zero attached hydrogens (tertiary/aromatic N) is 1. The van der Waals surface area contributed by atoms with Gasteiger partial charge in [0.15, 0.2) is 9.84 Å². The summed E-state index contributed by atoms with van der Waals surface area (Å²) in [6.45, 7) is 7.10. The number of aromatic hydroxyl groups is 1. The summed E-state index contributed by atoms with van der Waals surface area (Å²) in [6.07, 6.45) is 4.77. The van der Waals surface area contributed by atoms with Gasteiger partial charge in [-0.2, -0.15) is 0 Å². The Bertz CT molecular complexity index is 1780. The van der Waals surface area contributed by atoms with Gasteiger partial charge in [-0.1, -0.05) is 99.6 Å². The number of aromatic nitrogens is 1. The first-order valence-electron chi connectivity index (χ1n) is 15.8. The zero-order valence-electron chi connectivity index (χ0n) is 26.6. The van der Waals surface area contributed by atoms with Crippen LogP contribution in [0.2, 0.25) is 5.04 Å². The maximum Gasteiger partial charge on any atom is 0.261 e. The smallest absolute Gasteiger partial charge is 0.261 e. The third-order valence-electron chi connectivity index (χ3n) is 9.14. The molecule has 2 aliphatic heterocycles. The van der Waals surface area contributed by atoms with Crippen LogP contribution in [-0.4, -0.2) is 57.1 Å². The lowest BCUT2D eigenvalue weighted by Gasteiger charge is -2.43. The standard InChI is InChI=1S/C38H41NO5SSi/c1-38(2,3)46(32-12-6-4-7-13-32,33-14-8-5-9-15-33)44-25-30-27-45(41,42)36-26-43-35(37(30)36)22-19-29(34-16-10-11-23-39-34)24-28-17-20-31(40)21-18-28/h4-18,20-21,23-24,35-36,40H,19,22,25-27H2,1-3H3/b29-24-/t35-,36+/m1/s1. The molecule has 0 saturated carbocycles. The third-order valence-corrected chi connectivity index (χ3v) is 16.1. The number of sulfone groups is 1. The first-order valence-corrected chi connectivity index (χ1v) is 19.4. The van der Waals surface area contributed by atoms with Gasteiger partial charge in [0.2, 0.25) is 0 Å². The summed E-state index contributed by atoms with van der Waals surface area (Å²) in [5.41, 5.74) is 4.54. The summed E-state index contributed by atoms with van der Waals surface area (Å²) in [5, 5.41) is 11.2. The van der Waals surface area contributed by atoms with Crippen LogP contribution in [0.1, 0.15) is 44.9 Å². The van der Waals surface area contributed by atoms with Gasteiger partial charge in [-0.25, -0.2) is 8.42 Å². The van der Waals surface area contributed by atoms with Crippen LogP contribution in [0.3, 0.4) is 0 Å². The van der Waals surface area contributed by atoms with E-state index in [0.29, 0.717) is 12.8 Å². The van der Waals surface area contributed by atoms with E-state index in [9.17, 15) is 13.5 Å². The molecule has 46 heavy (non-hydrogen) atoms. The molecule has 3 heterocycles. The SMILES string of the molecule is CC(C)(C)[Si](OCC1=C2[C@@H](CC/C(=C/c3ccc(O)cc3)c3ccccn3)OC[C@@H]2S(=O)(=O)C1)(c1ccccc1)c1ccccc1. The predicted molar refractivity (Wildman–Crippen MR) is 187 cm³/mol. The maximum atomic E-state index is 13.5. The molecule has 3 aromatic carbocycles. The van der Waals surface area contributed by atoms with Gasteiger partial charge in [0.25, 0.3) is 8.32 Å². The highest BCUT2D eigenvalue weighted by molar-refractivity contribution is 7.92. The van der Waals surface area contributed by atoms with Crippen LogP contribution >= 0.6 is 0 Å². The van der Waals surface area contributed by atoms with Crippen LogP contribution in [0.4, 0.5) is 0 Å². The normalized spacial score (nSPS) is 19.8. The van der Waals surface area contributed by atoms with E-state index in [-0.39, 0.29) is 35.9 Å². The van der Waals surface area contributed by atoms with Crippen molar-refractivity contribution < 1.29 is 22.7 Å². The van der Waals surface area contributed by atoms with Gasteiger partial charge in [0, 0.05) is 6.20 Å². The molecule has 1 N–H and O–H groups in total. The number of hydrogen-bond donors (Lipinski definition) is 1. The van der Waals surface area contributed by atoms with Gasteiger partial charge < -0.3 is 14.3 Å². The Morgan fingerprint density at radius 3 is 2.15 bits per heavy atom. The molecule has 8 heteroatoms. The number of allylic oxidation sites excluding steroid dienone is 1. The average molecular weight is 652 g/mol. The van der Waals surface area contributed by atoms with Gasteiger partial charge in [-0.05, 0) is 80.9 Å². The Morgan fingerprint density at radius 1 is 0.935 bits per heavy atom. The Kier molecular flexibility index (Phi) is 9.16. The highest BCUT2D eigenvalue weighted by Gasteiger charge is 2.52. The lowest BCUT2D eigenvalue weighted by Crippen LogP contribution is -2.66. The maximum absolute atomic E-state index is 13.5. The van der Waals surface area contributed by atoms with Crippen molar-refractivity contribution in [3.8, 4) is 5.75 Å². The number of rotatable bonds is 10. The summed E-state index contributed by atoms with van der Waals surface area (Å²) < 4.78 is 40.4. The molecule has 0 radical (unpaired) electrons. The molecule has 0 amide bonds. The fourth-order valence-electron chi connectivity index (χ4n) is 6.98. The minimum absolute atomic E-state index is 0.00150. The number of phenols is 1. The van der Waals surface area contributed by atoms with Crippen molar-refractivity contribution >= 4 is 40.2 Å². The summed E-state index contributed by atoms with van der Waals surface area (Å²) in [6, 6.07) is 33.7.